The molecule has 0 aliphatic carbocycles. The van der Waals surface area contributed by atoms with E-state index < -0.39 is 0 Å². The molecule has 0 aliphatic rings. The maximum absolute atomic E-state index is 5.10. The molecule has 0 aliphatic heterocycles. The molecule has 0 rings (SSSR count). The van der Waals surface area contributed by atoms with Crippen molar-refractivity contribution in [3.63, 3.8) is 0 Å². The lowest BCUT2D eigenvalue weighted by Crippen LogP contribution is -1.71. The van der Waals surface area contributed by atoms with E-state index in [9.17, 15) is 0 Å². The number of hydrogen-bond acceptors (Lipinski definition) is 1. The maximum Gasteiger partial charge on any atom is -0.00462 e. The average Bonchev–Trinajstić information content (AvgIpc) is 1.41. The molecule has 0 aromatic heterocycles. The van der Waals surface area contributed by atoms with Crippen LogP contribution in [0.5, 0.6) is 0 Å². The van der Waals surface area contributed by atoms with E-state index in [2.05, 4.69) is 6.58 Å². The highest BCUT2D eigenvalue weighted by Crippen LogP contribution is 1.91. The normalized spacial score (nSPS) is 9.80. The first-order valence-corrected chi connectivity index (χ1v) is 2.74. The molecule has 0 radical (unpaired) electrons. The number of nitrogens with two attached hydrogens (primary N) is 1. The first-order valence-electron chi connectivity index (χ1n) is 1.46. The monoisotopic (exact) mass is 89.0 g/mol. The summed E-state index contributed by atoms with van der Waals surface area (Å²) < 4.78 is 0. The van der Waals surface area contributed by atoms with Gasteiger partial charge in [-0.25, -0.2) is 0 Å². The molecule has 2 N–H and O–H groups in total. The van der Waals surface area contributed by atoms with Crippen molar-refractivity contribution in [2.75, 3.05) is 6.16 Å². The van der Waals surface area contributed by atoms with Crippen molar-refractivity contribution in [3.8, 4) is 0 Å². The summed E-state index contributed by atoms with van der Waals surface area (Å²) in [7, 11) is 0.540. The highest BCUT2D eigenvalue weighted by atomic mass is 31.1. The van der Waals surface area contributed by atoms with E-state index in [1.165, 1.54) is 0 Å². The van der Waals surface area contributed by atoms with E-state index in [4.69, 9.17) is 5.50 Å². The molecule has 0 amide bonds. The Labute approximate surface area is 34.1 Å². The third kappa shape index (κ3) is 4.13. The SMILES string of the molecule is C=CCPN. The zero-order chi connectivity index (χ0) is 4.12. The zero-order valence-corrected chi connectivity index (χ0v) is 4.07. The van der Waals surface area contributed by atoms with Crippen LogP contribution < -0.4 is 5.50 Å². The molecule has 0 aromatic carbocycles. The van der Waals surface area contributed by atoms with Crippen LogP contribution >= 0.6 is 8.73 Å². The van der Waals surface area contributed by atoms with Gasteiger partial charge in [0.15, 0.2) is 0 Å². The van der Waals surface area contributed by atoms with Gasteiger partial charge in [0.1, 0.15) is 0 Å². The summed E-state index contributed by atoms with van der Waals surface area (Å²) >= 11 is 0. The van der Waals surface area contributed by atoms with Crippen molar-refractivity contribution in [2.45, 2.75) is 0 Å². The van der Waals surface area contributed by atoms with Gasteiger partial charge in [-0.3, -0.25) is 0 Å². The minimum Gasteiger partial charge on any atom is -0.312 e. The fourth-order valence-electron chi connectivity index (χ4n) is 0.0833. The molecule has 30 valence electrons. The summed E-state index contributed by atoms with van der Waals surface area (Å²) in [6.45, 7) is 3.48. The minimum absolute atomic E-state index is 0.540. The van der Waals surface area contributed by atoms with Crippen LogP contribution in [0.1, 0.15) is 0 Å². The lowest BCUT2D eigenvalue weighted by molar-refractivity contribution is 1.76. The highest BCUT2D eigenvalue weighted by molar-refractivity contribution is 7.35. The van der Waals surface area contributed by atoms with Gasteiger partial charge in [0.25, 0.3) is 0 Å². The van der Waals surface area contributed by atoms with Crippen molar-refractivity contribution in [1.29, 1.82) is 0 Å². The summed E-state index contributed by atoms with van der Waals surface area (Å²) in [5, 5.41) is 0. The Balaban J connectivity index is 2.40. The van der Waals surface area contributed by atoms with Gasteiger partial charge in [0, 0.05) is 0 Å². The van der Waals surface area contributed by atoms with E-state index in [0.29, 0.717) is 8.73 Å². The van der Waals surface area contributed by atoms with Gasteiger partial charge in [0.2, 0.25) is 0 Å². The minimum atomic E-state index is 0.540. The third-order valence-corrected chi connectivity index (χ3v) is 0.787. The quantitative estimate of drug-likeness (QED) is 0.391. The topological polar surface area (TPSA) is 26.0 Å². The molecule has 1 unspecified atom stereocenters. The molecule has 0 aromatic rings. The third-order valence-electron chi connectivity index (χ3n) is 0.262. The van der Waals surface area contributed by atoms with Crippen LogP contribution in [-0.2, 0) is 0 Å². The van der Waals surface area contributed by atoms with Gasteiger partial charge >= 0.3 is 0 Å². The maximum atomic E-state index is 5.10. The summed E-state index contributed by atoms with van der Waals surface area (Å²) in [5.41, 5.74) is 5.10. The van der Waals surface area contributed by atoms with Crippen LogP contribution in [0.2, 0.25) is 0 Å². The number of rotatable bonds is 2. The largest absolute Gasteiger partial charge is 0.312 e. The lowest BCUT2D eigenvalue weighted by atomic mass is 10.8. The van der Waals surface area contributed by atoms with Crippen LogP contribution in [0.15, 0.2) is 12.7 Å². The molecule has 0 spiro atoms. The molecule has 0 saturated carbocycles. The van der Waals surface area contributed by atoms with Crippen molar-refractivity contribution in [1.82, 2.24) is 0 Å². The van der Waals surface area contributed by atoms with Crippen molar-refractivity contribution in [3.05, 3.63) is 12.7 Å². The Kier molecular flexibility index (Phi) is 4.24. The predicted octanol–water partition coefficient (Wildman–Crippen LogP) is 0.725. The predicted molar refractivity (Wildman–Crippen MR) is 27.6 cm³/mol. The van der Waals surface area contributed by atoms with E-state index in [-0.39, 0.29) is 0 Å². The van der Waals surface area contributed by atoms with Gasteiger partial charge in [-0.2, -0.15) is 0 Å². The summed E-state index contributed by atoms with van der Waals surface area (Å²) in [6.07, 6.45) is 2.78. The van der Waals surface area contributed by atoms with Crippen molar-refractivity contribution < 1.29 is 0 Å². The second-order valence-corrected chi connectivity index (χ2v) is 1.51. The van der Waals surface area contributed by atoms with Gasteiger partial charge < -0.3 is 5.50 Å². The Morgan fingerprint density at radius 1 is 2.00 bits per heavy atom. The molecule has 0 fully saturated rings. The summed E-state index contributed by atoms with van der Waals surface area (Å²) in [5.74, 6) is 0. The van der Waals surface area contributed by atoms with Gasteiger partial charge in [-0.05, 0) is 6.16 Å². The molecular formula is C3H8NP. The van der Waals surface area contributed by atoms with Crippen LogP contribution in [0.4, 0.5) is 0 Å². The van der Waals surface area contributed by atoms with Gasteiger partial charge in [-0.15, -0.1) is 6.58 Å². The Bertz CT molecular complexity index is 28.1. The second-order valence-electron chi connectivity index (χ2n) is 0.697. The zero-order valence-electron chi connectivity index (χ0n) is 3.07. The molecule has 2 heteroatoms. The lowest BCUT2D eigenvalue weighted by Gasteiger charge is -1.75. The van der Waals surface area contributed by atoms with E-state index in [1.807, 2.05) is 6.08 Å². The van der Waals surface area contributed by atoms with Crippen LogP contribution in [0.25, 0.3) is 0 Å². The van der Waals surface area contributed by atoms with E-state index in [1.54, 1.807) is 0 Å². The van der Waals surface area contributed by atoms with Gasteiger partial charge in [0.05, 0.1) is 0 Å². The second kappa shape index (κ2) is 4.13. The van der Waals surface area contributed by atoms with Gasteiger partial charge in [-0.1, -0.05) is 14.8 Å². The van der Waals surface area contributed by atoms with Crippen LogP contribution in [0, 0.1) is 0 Å². The van der Waals surface area contributed by atoms with Crippen molar-refractivity contribution >= 4 is 8.73 Å². The number of allylic oxidation sites excluding steroid dienone is 1. The summed E-state index contributed by atoms with van der Waals surface area (Å²) in [4.78, 5) is 0. The van der Waals surface area contributed by atoms with Crippen LogP contribution in [-0.4, -0.2) is 6.16 Å². The summed E-state index contributed by atoms with van der Waals surface area (Å²) in [6, 6.07) is 0. The van der Waals surface area contributed by atoms with E-state index >= 15 is 0 Å². The Morgan fingerprint density at radius 2 is 2.60 bits per heavy atom. The smallest absolute Gasteiger partial charge is 0.00462 e. The first-order chi connectivity index (χ1) is 2.41. The number of hydrogen-bond donors (Lipinski definition) is 1. The van der Waals surface area contributed by atoms with Crippen molar-refractivity contribution in [2.24, 2.45) is 5.50 Å². The molecule has 0 heterocycles. The fraction of sp³-hybridized carbons (Fsp3) is 0.333. The molecular weight excluding hydrogens is 81.0 g/mol. The fourth-order valence-corrected chi connectivity index (χ4v) is 0.250. The Hall–Kier alpha value is 0.130. The molecule has 1 nitrogen and oxygen atoms in total. The van der Waals surface area contributed by atoms with E-state index in [0.717, 1.165) is 6.16 Å². The molecule has 0 bridgehead atoms. The molecule has 0 saturated heterocycles. The molecule has 5 heavy (non-hydrogen) atoms. The standard InChI is InChI=1S/C3H8NP/c1-2-3-5-4/h2,5H,1,3-4H2. The Morgan fingerprint density at radius 3 is 2.60 bits per heavy atom. The highest BCUT2D eigenvalue weighted by Gasteiger charge is 1.60. The molecule has 1 atom stereocenters. The first kappa shape index (κ1) is 5.13. The van der Waals surface area contributed by atoms with Crippen LogP contribution in [0.3, 0.4) is 0 Å². The average molecular weight is 89.1 g/mol.